The van der Waals surface area contributed by atoms with Gasteiger partial charge in [-0.05, 0) is 19.4 Å². The van der Waals surface area contributed by atoms with Gasteiger partial charge in [0.15, 0.2) is 0 Å². The predicted molar refractivity (Wildman–Crippen MR) is 58.1 cm³/mol. The first-order valence-corrected chi connectivity index (χ1v) is 5.52. The monoisotopic (exact) mass is 198 g/mol. The van der Waals surface area contributed by atoms with Crippen molar-refractivity contribution in [1.82, 2.24) is 10.2 Å². The Balaban J connectivity index is 2.51. The largest absolute Gasteiger partial charge is 0.341 e. The van der Waals surface area contributed by atoms with Gasteiger partial charge in [0.1, 0.15) is 0 Å². The summed E-state index contributed by atoms with van der Waals surface area (Å²) in [6, 6.07) is 0. The van der Waals surface area contributed by atoms with E-state index >= 15 is 0 Å². The molecule has 1 aliphatic heterocycles. The lowest BCUT2D eigenvalue weighted by molar-refractivity contribution is -0.139. The molecule has 0 aromatic rings. The summed E-state index contributed by atoms with van der Waals surface area (Å²) in [5, 5.41) is 3.33. The second kappa shape index (κ2) is 4.78. The molecule has 0 atom stereocenters. The molecule has 1 saturated heterocycles. The lowest BCUT2D eigenvalue weighted by Crippen LogP contribution is -2.44. The number of amides is 1. The van der Waals surface area contributed by atoms with Crippen LogP contribution in [0.15, 0.2) is 0 Å². The summed E-state index contributed by atoms with van der Waals surface area (Å²) in [5.74, 6) is 0.279. The summed E-state index contributed by atoms with van der Waals surface area (Å²) in [7, 11) is 0. The van der Waals surface area contributed by atoms with Crippen molar-refractivity contribution in [1.29, 1.82) is 0 Å². The molecule has 82 valence electrons. The Labute approximate surface area is 86.9 Å². The zero-order valence-corrected chi connectivity index (χ0v) is 9.60. The van der Waals surface area contributed by atoms with Gasteiger partial charge in [0.25, 0.3) is 0 Å². The maximum atomic E-state index is 12.0. The van der Waals surface area contributed by atoms with Crippen LogP contribution in [0.4, 0.5) is 0 Å². The fraction of sp³-hybridized carbons (Fsp3) is 0.909. The second-order valence-corrected chi connectivity index (χ2v) is 5.00. The molecule has 1 aliphatic rings. The lowest BCUT2D eigenvalue weighted by Gasteiger charge is -2.31. The summed E-state index contributed by atoms with van der Waals surface area (Å²) in [6.07, 6.45) is 2.29. The normalized spacial score (nSPS) is 20.1. The van der Waals surface area contributed by atoms with E-state index < -0.39 is 0 Å². The van der Waals surface area contributed by atoms with E-state index in [2.05, 4.69) is 5.32 Å². The van der Waals surface area contributed by atoms with Gasteiger partial charge in [-0.3, -0.25) is 4.79 Å². The Kier molecular flexibility index (Phi) is 3.93. The topological polar surface area (TPSA) is 32.3 Å². The van der Waals surface area contributed by atoms with Crippen molar-refractivity contribution in [2.45, 2.75) is 33.6 Å². The van der Waals surface area contributed by atoms with Gasteiger partial charge in [-0.1, -0.05) is 20.8 Å². The summed E-state index contributed by atoms with van der Waals surface area (Å²) in [5.41, 5.74) is -0.237. The number of hydrogen-bond acceptors (Lipinski definition) is 2. The zero-order valence-electron chi connectivity index (χ0n) is 9.60. The van der Waals surface area contributed by atoms with E-state index in [1.165, 1.54) is 6.42 Å². The van der Waals surface area contributed by atoms with Crippen LogP contribution < -0.4 is 5.32 Å². The molecule has 0 aromatic heterocycles. The summed E-state index contributed by atoms with van der Waals surface area (Å²) < 4.78 is 0. The molecule has 3 nitrogen and oxygen atoms in total. The highest BCUT2D eigenvalue weighted by Crippen LogP contribution is 2.17. The van der Waals surface area contributed by atoms with Gasteiger partial charge in [0.05, 0.1) is 0 Å². The minimum atomic E-state index is -0.237. The lowest BCUT2D eigenvalue weighted by atomic mass is 9.94. The Morgan fingerprint density at radius 3 is 2.50 bits per heavy atom. The molecule has 0 spiro atoms. The van der Waals surface area contributed by atoms with Crippen molar-refractivity contribution in [3.8, 4) is 0 Å². The van der Waals surface area contributed by atoms with Crippen LogP contribution in [0.3, 0.4) is 0 Å². The SMILES string of the molecule is CC(C)(C)C(=O)N1CCCCNCC1. The minimum absolute atomic E-state index is 0.237. The van der Waals surface area contributed by atoms with E-state index in [1.807, 2.05) is 25.7 Å². The Morgan fingerprint density at radius 2 is 1.86 bits per heavy atom. The number of nitrogens with one attached hydrogen (secondary N) is 1. The van der Waals surface area contributed by atoms with Crippen LogP contribution in [0.2, 0.25) is 0 Å². The number of nitrogens with zero attached hydrogens (tertiary/aromatic N) is 1. The second-order valence-electron chi connectivity index (χ2n) is 5.00. The molecule has 1 amide bonds. The number of hydrogen-bond donors (Lipinski definition) is 1. The molecule has 3 heteroatoms. The van der Waals surface area contributed by atoms with E-state index in [-0.39, 0.29) is 11.3 Å². The zero-order chi connectivity index (χ0) is 10.6. The van der Waals surface area contributed by atoms with Crippen molar-refractivity contribution in [2.24, 2.45) is 5.41 Å². The standard InChI is InChI=1S/C11H22N2O/c1-11(2,3)10(14)13-8-5-4-6-12-7-9-13/h12H,4-9H2,1-3H3. The molecule has 0 aliphatic carbocycles. The van der Waals surface area contributed by atoms with E-state index in [4.69, 9.17) is 0 Å². The molecule has 1 heterocycles. The molecule has 14 heavy (non-hydrogen) atoms. The van der Waals surface area contributed by atoms with Crippen LogP contribution in [0.25, 0.3) is 0 Å². The highest BCUT2D eigenvalue weighted by atomic mass is 16.2. The average molecular weight is 198 g/mol. The van der Waals surface area contributed by atoms with Crippen LogP contribution in [-0.4, -0.2) is 37.0 Å². The molecule has 1 N–H and O–H groups in total. The van der Waals surface area contributed by atoms with Gasteiger partial charge in [-0.25, -0.2) is 0 Å². The minimum Gasteiger partial charge on any atom is -0.341 e. The maximum absolute atomic E-state index is 12.0. The van der Waals surface area contributed by atoms with Gasteiger partial charge < -0.3 is 10.2 Å². The quantitative estimate of drug-likeness (QED) is 0.635. The third-order valence-electron chi connectivity index (χ3n) is 2.52. The molecule has 1 fully saturated rings. The van der Waals surface area contributed by atoms with Crippen molar-refractivity contribution in [3.05, 3.63) is 0 Å². The summed E-state index contributed by atoms with van der Waals surface area (Å²) in [4.78, 5) is 14.0. The van der Waals surface area contributed by atoms with Crippen LogP contribution >= 0.6 is 0 Å². The highest BCUT2D eigenvalue weighted by Gasteiger charge is 2.26. The summed E-state index contributed by atoms with van der Waals surface area (Å²) >= 11 is 0. The predicted octanol–water partition coefficient (Wildman–Crippen LogP) is 1.24. The van der Waals surface area contributed by atoms with Gasteiger partial charge in [-0.2, -0.15) is 0 Å². The molecule has 0 bridgehead atoms. The molecule has 0 radical (unpaired) electrons. The smallest absolute Gasteiger partial charge is 0.227 e. The van der Waals surface area contributed by atoms with Crippen molar-refractivity contribution >= 4 is 5.91 Å². The van der Waals surface area contributed by atoms with Gasteiger partial charge in [0.2, 0.25) is 5.91 Å². The maximum Gasteiger partial charge on any atom is 0.227 e. The first-order valence-electron chi connectivity index (χ1n) is 5.52. The van der Waals surface area contributed by atoms with Crippen LogP contribution in [0.1, 0.15) is 33.6 Å². The van der Waals surface area contributed by atoms with Crippen LogP contribution in [0, 0.1) is 5.41 Å². The van der Waals surface area contributed by atoms with Crippen molar-refractivity contribution < 1.29 is 4.79 Å². The third-order valence-corrected chi connectivity index (χ3v) is 2.52. The molecular formula is C11H22N2O. The van der Waals surface area contributed by atoms with Crippen LogP contribution in [-0.2, 0) is 4.79 Å². The Hall–Kier alpha value is -0.570. The number of rotatable bonds is 0. The first kappa shape index (κ1) is 11.5. The molecular weight excluding hydrogens is 176 g/mol. The van der Waals surface area contributed by atoms with Gasteiger partial charge >= 0.3 is 0 Å². The van der Waals surface area contributed by atoms with Crippen LogP contribution in [0.5, 0.6) is 0 Å². The van der Waals surface area contributed by atoms with E-state index in [9.17, 15) is 4.79 Å². The van der Waals surface area contributed by atoms with Crippen molar-refractivity contribution in [3.63, 3.8) is 0 Å². The van der Waals surface area contributed by atoms with E-state index in [0.717, 1.165) is 32.6 Å². The van der Waals surface area contributed by atoms with Crippen molar-refractivity contribution in [2.75, 3.05) is 26.2 Å². The fourth-order valence-corrected chi connectivity index (χ4v) is 1.68. The molecule has 0 unspecified atom stereocenters. The van der Waals surface area contributed by atoms with Gasteiger partial charge in [-0.15, -0.1) is 0 Å². The van der Waals surface area contributed by atoms with Gasteiger partial charge in [0, 0.05) is 25.0 Å². The average Bonchev–Trinajstić information content (AvgIpc) is 2.00. The number of carbonyl (C=O) groups is 1. The summed E-state index contributed by atoms with van der Waals surface area (Å²) in [6.45, 7) is 9.78. The molecule has 0 aromatic carbocycles. The highest BCUT2D eigenvalue weighted by molar-refractivity contribution is 5.81. The van der Waals surface area contributed by atoms with E-state index in [1.54, 1.807) is 0 Å². The van der Waals surface area contributed by atoms with E-state index in [0.29, 0.717) is 0 Å². The molecule has 1 rings (SSSR count). The fourth-order valence-electron chi connectivity index (χ4n) is 1.68. The first-order chi connectivity index (χ1) is 6.52. The number of carbonyl (C=O) groups excluding carboxylic acids is 1. The Bertz CT molecular complexity index is 188. The third kappa shape index (κ3) is 3.29. The Morgan fingerprint density at radius 1 is 1.14 bits per heavy atom. The molecule has 0 saturated carbocycles.